The summed E-state index contributed by atoms with van der Waals surface area (Å²) in [6.45, 7) is 0. The van der Waals surface area contributed by atoms with E-state index in [9.17, 15) is 0 Å². The van der Waals surface area contributed by atoms with Crippen LogP contribution in [0.1, 0.15) is 37.7 Å². The first-order chi connectivity index (χ1) is 6.87. The van der Waals surface area contributed by atoms with Gasteiger partial charge in [0.15, 0.2) is 0 Å². The van der Waals surface area contributed by atoms with Crippen molar-refractivity contribution in [3.63, 3.8) is 0 Å². The first-order valence-corrected chi connectivity index (χ1v) is 6.17. The predicted octanol–water partition coefficient (Wildman–Crippen LogP) is 3.82. The second-order valence-corrected chi connectivity index (χ2v) is 4.77. The Morgan fingerprint density at radius 2 is 1.71 bits per heavy atom. The summed E-state index contributed by atoms with van der Waals surface area (Å²) in [4.78, 5) is 0. The van der Waals surface area contributed by atoms with E-state index < -0.39 is 0 Å². The van der Waals surface area contributed by atoms with Crippen LogP contribution in [0, 0.1) is 0 Å². The maximum Gasteiger partial charge on any atom is -0.00392 e. The van der Waals surface area contributed by atoms with Gasteiger partial charge in [-0.2, -0.15) is 12.6 Å². The molecule has 1 fully saturated rings. The Morgan fingerprint density at radius 1 is 1.07 bits per heavy atom. The SMILES string of the molecule is SCCC1(c2ccccc2)CCCC1. The zero-order valence-corrected chi connectivity index (χ0v) is 9.47. The maximum atomic E-state index is 4.40. The van der Waals surface area contributed by atoms with Crippen LogP contribution in [-0.2, 0) is 5.41 Å². The van der Waals surface area contributed by atoms with E-state index in [1.54, 1.807) is 0 Å². The van der Waals surface area contributed by atoms with E-state index in [0.717, 1.165) is 5.75 Å². The molecule has 1 saturated carbocycles. The highest BCUT2D eigenvalue weighted by molar-refractivity contribution is 7.80. The third-order valence-corrected chi connectivity index (χ3v) is 3.76. The first-order valence-electron chi connectivity index (χ1n) is 5.54. The largest absolute Gasteiger partial charge is 0.179 e. The van der Waals surface area contributed by atoms with Crippen LogP contribution in [0.3, 0.4) is 0 Å². The predicted molar refractivity (Wildman–Crippen MR) is 65.1 cm³/mol. The molecule has 0 N–H and O–H groups in total. The van der Waals surface area contributed by atoms with Crippen LogP contribution >= 0.6 is 12.6 Å². The van der Waals surface area contributed by atoms with Crippen molar-refractivity contribution in [3.8, 4) is 0 Å². The molecular weight excluding hydrogens is 188 g/mol. The molecule has 1 heteroatoms. The lowest BCUT2D eigenvalue weighted by molar-refractivity contribution is 0.429. The molecule has 0 atom stereocenters. The summed E-state index contributed by atoms with van der Waals surface area (Å²) in [7, 11) is 0. The molecule has 2 rings (SSSR count). The van der Waals surface area contributed by atoms with Gasteiger partial charge in [0.1, 0.15) is 0 Å². The molecular formula is C13H18S. The minimum Gasteiger partial charge on any atom is -0.179 e. The number of hydrogen-bond donors (Lipinski definition) is 1. The molecule has 76 valence electrons. The topological polar surface area (TPSA) is 0 Å². The highest BCUT2D eigenvalue weighted by Crippen LogP contribution is 2.43. The maximum absolute atomic E-state index is 4.40. The van der Waals surface area contributed by atoms with Crippen LogP contribution in [0.15, 0.2) is 30.3 Å². The van der Waals surface area contributed by atoms with Gasteiger partial charge in [-0.15, -0.1) is 0 Å². The number of rotatable bonds is 3. The van der Waals surface area contributed by atoms with Gasteiger partial charge in [0.05, 0.1) is 0 Å². The zero-order valence-electron chi connectivity index (χ0n) is 8.58. The summed E-state index contributed by atoms with van der Waals surface area (Å²) >= 11 is 4.40. The standard InChI is InChI=1S/C13H18S/c14-11-10-13(8-4-5-9-13)12-6-2-1-3-7-12/h1-3,6-7,14H,4-5,8-11H2. The van der Waals surface area contributed by atoms with Crippen LogP contribution in [0.2, 0.25) is 0 Å². The number of thiol groups is 1. The molecule has 1 aromatic carbocycles. The van der Waals surface area contributed by atoms with Gasteiger partial charge in [0.2, 0.25) is 0 Å². The summed E-state index contributed by atoms with van der Waals surface area (Å²) in [5.74, 6) is 1.01. The first kappa shape index (κ1) is 10.1. The van der Waals surface area contributed by atoms with E-state index >= 15 is 0 Å². The molecule has 0 nitrogen and oxygen atoms in total. The van der Waals surface area contributed by atoms with Crippen molar-refractivity contribution < 1.29 is 0 Å². The van der Waals surface area contributed by atoms with Gasteiger partial charge in [-0.3, -0.25) is 0 Å². The minimum absolute atomic E-state index is 0.461. The van der Waals surface area contributed by atoms with Crippen LogP contribution in [0.4, 0.5) is 0 Å². The van der Waals surface area contributed by atoms with Gasteiger partial charge < -0.3 is 0 Å². The van der Waals surface area contributed by atoms with Crippen molar-refractivity contribution in [3.05, 3.63) is 35.9 Å². The van der Waals surface area contributed by atoms with Crippen LogP contribution in [0.5, 0.6) is 0 Å². The van der Waals surface area contributed by atoms with Crippen molar-refractivity contribution in [1.29, 1.82) is 0 Å². The van der Waals surface area contributed by atoms with E-state index in [2.05, 4.69) is 43.0 Å². The third kappa shape index (κ3) is 1.83. The fourth-order valence-electron chi connectivity index (χ4n) is 2.74. The van der Waals surface area contributed by atoms with E-state index in [1.165, 1.54) is 37.7 Å². The van der Waals surface area contributed by atoms with Crippen molar-refractivity contribution in [2.75, 3.05) is 5.75 Å². The molecule has 0 unspecified atom stereocenters. The average Bonchev–Trinajstić information content (AvgIpc) is 2.70. The molecule has 0 radical (unpaired) electrons. The van der Waals surface area contributed by atoms with Crippen LogP contribution in [-0.4, -0.2) is 5.75 Å². The number of hydrogen-bond acceptors (Lipinski definition) is 1. The van der Waals surface area contributed by atoms with Gasteiger partial charge in [0, 0.05) is 0 Å². The fraction of sp³-hybridized carbons (Fsp3) is 0.538. The van der Waals surface area contributed by atoms with Crippen LogP contribution in [0.25, 0.3) is 0 Å². The lowest BCUT2D eigenvalue weighted by atomic mass is 9.77. The molecule has 0 aliphatic heterocycles. The van der Waals surface area contributed by atoms with Gasteiger partial charge >= 0.3 is 0 Å². The van der Waals surface area contributed by atoms with E-state index in [-0.39, 0.29) is 0 Å². The Hall–Kier alpha value is -0.430. The molecule has 0 spiro atoms. The lowest BCUT2D eigenvalue weighted by Gasteiger charge is -2.29. The Morgan fingerprint density at radius 3 is 2.29 bits per heavy atom. The van der Waals surface area contributed by atoms with E-state index in [0.29, 0.717) is 5.41 Å². The number of benzene rings is 1. The zero-order chi connectivity index (χ0) is 9.86. The minimum atomic E-state index is 0.461. The van der Waals surface area contributed by atoms with Gasteiger partial charge in [0.25, 0.3) is 0 Å². The highest BCUT2D eigenvalue weighted by atomic mass is 32.1. The van der Waals surface area contributed by atoms with Crippen molar-refractivity contribution in [2.45, 2.75) is 37.5 Å². The normalized spacial score (nSPS) is 19.8. The lowest BCUT2D eigenvalue weighted by Crippen LogP contribution is -2.22. The smallest absolute Gasteiger partial charge is 0.00392 e. The van der Waals surface area contributed by atoms with Crippen LogP contribution < -0.4 is 0 Å². The van der Waals surface area contributed by atoms with Crippen molar-refractivity contribution in [1.82, 2.24) is 0 Å². The van der Waals surface area contributed by atoms with Gasteiger partial charge in [-0.25, -0.2) is 0 Å². The Balaban J connectivity index is 2.27. The van der Waals surface area contributed by atoms with Gasteiger partial charge in [-0.1, -0.05) is 43.2 Å². The Bertz CT molecular complexity index is 273. The molecule has 0 heterocycles. The average molecular weight is 206 g/mol. The van der Waals surface area contributed by atoms with Gasteiger partial charge in [-0.05, 0) is 36.0 Å². The van der Waals surface area contributed by atoms with E-state index in [1.807, 2.05) is 0 Å². The second kappa shape index (κ2) is 4.39. The summed E-state index contributed by atoms with van der Waals surface area (Å²) in [6.07, 6.45) is 6.74. The molecule has 1 aromatic rings. The van der Waals surface area contributed by atoms with Crippen molar-refractivity contribution in [2.24, 2.45) is 0 Å². The molecule has 0 bridgehead atoms. The Labute approximate surface area is 92.1 Å². The third-order valence-electron chi connectivity index (χ3n) is 3.54. The summed E-state index contributed by atoms with van der Waals surface area (Å²) in [6, 6.07) is 11.0. The molecule has 0 amide bonds. The Kier molecular flexibility index (Phi) is 3.17. The summed E-state index contributed by atoms with van der Waals surface area (Å²) < 4.78 is 0. The molecule has 0 aromatic heterocycles. The summed E-state index contributed by atoms with van der Waals surface area (Å²) in [5, 5.41) is 0. The summed E-state index contributed by atoms with van der Waals surface area (Å²) in [5.41, 5.74) is 2.00. The second-order valence-electron chi connectivity index (χ2n) is 4.33. The molecule has 1 aliphatic rings. The highest BCUT2D eigenvalue weighted by Gasteiger charge is 2.34. The molecule has 0 saturated heterocycles. The van der Waals surface area contributed by atoms with Crippen molar-refractivity contribution >= 4 is 12.6 Å². The fourth-order valence-corrected chi connectivity index (χ4v) is 3.17. The van der Waals surface area contributed by atoms with E-state index in [4.69, 9.17) is 0 Å². The molecule has 14 heavy (non-hydrogen) atoms. The monoisotopic (exact) mass is 206 g/mol. The quantitative estimate of drug-likeness (QED) is 0.714. The molecule has 1 aliphatic carbocycles.